The van der Waals surface area contributed by atoms with Gasteiger partial charge in [-0.25, -0.2) is 0 Å². The van der Waals surface area contributed by atoms with Crippen molar-refractivity contribution < 1.29 is 14.6 Å². The third kappa shape index (κ3) is 4.09. The van der Waals surface area contributed by atoms with Gasteiger partial charge in [0.05, 0.1) is 20.8 Å². The zero-order chi connectivity index (χ0) is 15.2. The molecule has 0 fully saturated rings. The highest BCUT2D eigenvalue weighted by Gasteiger charge is 2.08. The molecule has 0 aromatic heterocycles. The van der Waals surface area contributed by atoms with E-state index < -0.39 is 0 Å². The van der Waals surface area contributed by atoms with Gasteiger partial charge >= 0.3 is 0 Å². The maximum absolute atomic E-state index is 9.55. The minimum Gasteiger partial charge on any atom is -0.497 e. The van der Waals surface area contributed by atoms with Crippen molar-refractivity contribution in [2.24, 2.45) is 0 Å². The summed E-state index contributed by atoms with van der Waals surface area (Å²) in [4.78, 5) is 3.19. The monoisotopic (exact) mass is 322 g/mol. The molecule has 5 heteroatoms. The number of hydrogen-bond donors (Lipinski definition) is 1. The lowest BCUT2D eigenvalue weighted by atomic mass is 10.2. The molecule has 0 amide bonds. The van der Waals surface area contributed by atoms with Gasteiger partial charge in [-0.3, -0.25) is 0 Å². The fourth-order valence-corrected chi connectivity index (χ4v) is 3.33. The Morgan fingerprint density at radius 3 is 2.14 bits per heavy atom. The largest absolute Gasteiger partial charge is 0.497 e. The molecule has 0 spiro atoms. The SMILES string of the molecule is COc1cc(OC)cc(Sc2ccc(SC)cc2CO)c1. The Kier molecular flexibility index (Phi) is 5.85. The highest BCUT2D eigenvalue weighted by Crippen LogP contribution is 2.36. The molecule has 0 saturated carbocycles. The van der Waals surface area contributed by atoms with Crippen molar-refractivity contribution in [2.45, 2.75) is 21.3 Å². The average Bonchev–Trinajstić information content (AvgIpc) is 2.54. The van der Waals surface area contributed by atoms with Crippen LogP contribution in [0.3, 0.4) is 0 Å². The van der Waals surface area contributed by atoms with E-state index in [1.54, 1.807) is 37.7 Å². The molecule has 21 heavy (non-hydrogen) atoms. The predicted octanol–water partition coefficient (Wildman–Crippen LogP) is 4.07. The fourth-order valence-electron chi connectivity index (χ4n) is 1.87. The van der Waals surface area contributed by atoms with Crippen LogP contribution in [0.2, 0.25) is 0 Å². The molecular weight excluding hydrogens is 304 g/mol. The van der Waals surface area contributed by atoms with Crippen molar-refractivity contribution in [3.63, 3.8) is 0 Å². The number of ether oxygens (including phenoxy) is 2. The molecule has 0 aliphatic carbocycles. The second-order valence-corrected chi connectivity index (χ2v) is 6.28. The summed E-state index contributed by atoms with van der Waals surface area (Å²) in [6.45, 7) is 0.0256. The minimum absolute atomic E-state index is 0.0256. The molecule has 0 saturated heterocycles. The average molecular weight is 322 g/mol. The molecule has 1 N–H and O–H groups in total. The lowest BCUT2D eigenvalue weighted by molar-refractivity contribution is 0.278. The summed E-state index contributed by atoms with van der Waals surface area (Å²) in [5.74, 6) is 1.51. The van der Waals surface area contributed by atoms with Gasteiger partial charge in [0.2, 0.25) is 0 Å². The maximum Gasteiger partial charge on any atom is 0.123 e. The second kappa shape index (κ2) is 7.64. The molecule has 2 aromatic carbocycles. The van der Waals surface area contributed by atoms with E-state index in [1.165, 1.54) is 0 Å². The van der Waals surface area contributed by atoms with Crippen LogP contribution in [-0.2, 0) is 6.61 Å². The highest BCUT2D eigenvalue weighted by molar-refractivity contribution is 7.99. The van der Waals surface area contributed by atoms with Crippen LogP contribution in [0.15, 0.2) is 51.1 Å². The van der Waals surface area contributed by atoms with E-state index in [9.17, 15) is 5.11 Å². The number of thioether (sulfide) groups is 1. The van der Waals surface area contributed by atoms with E-state index in [0.717, 1.165) is 31.7 Å². The van der Waals surface area contributed by atoms with Gasteiger partial charge in [0.15, 0.2) is 0 Å². The van der Waals surface area contributed by atoms with Crippen molar-refractivity contribution in [1.82, 2.24) is 0 Å². The molecule has 112 valence electrons. The lowest BCUT2D eigenvalue weighted by Gasteiger charge is -2.11. The maximum atomic E-state index is 9.55. The Morgan fingerprint density at radius 2 is 1.62 bits per heavy atom. The van der Waals surface area contributed by atoms with Crippen LogP contribution < -0.4 is 9.47 Å². The van der Waals surface area contributed by atoms with Crippen LogP contribution in [0.1, 0.15) is 5.56 Å². The summed E-state index contributed by atoms with van der Waals surface area (Å²) in [6, 6.07) is 11.9. The first kappa shape index (κ1) is 16.1. The first-order valence-corrected chi connectivity index (χ1v) is 8.43. The predicted molar refractivity (Wildman–Crippen MR) is 87.8 cm³/mol. The summed E-state index contributed by atoms with van der Waals surface area (Å²) in [6.07, 6.45) is 2.02. The van der Waals surface area contributed by atoms with Crippen molar-refractivity contribution >= 4 is 23.5 Å². The first-order valence-electron chi connectivity index (χ1n) is 6.39. The van der Waals surface area contributed by atoms with Crippen LogP contribution in [0, 0.1) is 0 Å². The number of aliphatic hydroxyl groups is 1. The van der Waals surface area contributed by atoms with Crippen LogP contribution in [0.5, 0.6) is 11.5 Å². The normalized spacial score (nSPS) is 10.5. The summed E-state index contributed by atoms with van der Waals surface area (Å²) in [5, 5.41) is 9.55. The lowest BCUT2D eigenvalue weighted by Crippen LogP contribution is -1.90. The molecule has 0 aliphatic heterocycles. The van der Waals surface area contributed by atoms with Gasteiger partial charge < -0.3 is 14.6 Å². The summed E-state index contributed by atoms with van der Waals surface area (Å²) < 4.78 is 10.6. The number of hydrogen-bond acceptors (Lipinski definition) is 5. The minimum atomic E-state index is 0.0256. The van der Waals surface area contributed by atoms with E-state index in [2.05, 4.69) is 6.07 Å². The number of aliphatic hydroxyl groups excluding tert-OH is 1. The smallest absolute Gasteiger partial charge is 0.123 e. The van der Waals surface area contributed by atoms with Gasteiger partial charge in [-0.05, 0) is 42.2 Å². The molecule has 0 unspecified atom stereocenters. The van der Waals surface area contributed by atoms with E-state index in [1.807, 2.05) is 36.6 Å². The van der Waals surface area contributed by atoms with Crippen LogP contribution in [0.25, 0.3) is 0 Å². The van der Waals surface area contributed by atoms with Gasteiger partial charge in [-0.15, -0.1) is 11.8 Å². The van der Waals surface area contributed by atoms with Crippen LogP contribution in [-0.4, -0.2) is 25.6 Å². The topological polar surface area (TPSA) is 38.7 Å². The van der Waals surface area contributed by atoms with Crippen molar-refractivity contribution in [3.05, 3.63) is 42.0 Å². The zero-order valence-corrected chi connectivity index (χ0v) is 13.9. The first-order chi connectivity index (χ1) is 10.2. The molecule has 0 aliphatic rings. The van der Waals surface area contributed by atoms with Crippen molar-refractivity contribution in [2.75, 3.05) is 20.5 Å². The standard InChI is InChI=1S/C16H18O3S2/c1-18-12-7-13(19-2)9-15(8-12)21-16-5-4-14(20-3)6-11(16)10-17/h4-9,17H,10H2,1-3H3. The molecule has 3 nitrogen and oxygen atoms in total. The fraction of sp³-hybridized carbons (Fsp3) is 0.250. The molecule has 0 radical (unpaired) electrons. The molecule has 0 bridgehead atoms. The van der Waals surface area contributed by atoms with E-state index in [0.29, 0.717) is 0 Å². The van der Waals surface area contributed by atoms with E-state index in [4.69, 9.17) is 9.47 Å². The Morgan fingerprint density at radius 1 is 0.952 bits per heavy atom. The molecule has 0 heterocycles. The number of methoxy groups -OCH3 is 2. The third-order valence-corrected chi connectivity index (χ3v) is 4.81. The Labute approximate surface area is 133 Å². The molecule has 0 atom stereocenters. The van der Waals surface area contributed by atoms with Gasteiger partial charge in [0.25, 0.3) is 0 Å². The van der Waals surface area contributed by atoms with Crippen LogP contribution in [0.4, 0.5) is 0 Å². The zero-order valence-electron chi connectivity index (χ0n) is 12.3. The summed E-state index contributed by atoms with van der Waals surface area (Å²) in [5.41, 5.74) is 0.925. The third-order valence-electron chi connectivity index (χ3n) is 2.99. The summed E-state index contributed by atoms with van der Waals surface area (Å²) >= 11 is 3.25. The molecular formula is C16H18O3S2. The Balaban J connectivity index is 2.33. The van der Waals surface area contributed by atoms with Gasteiger partial charge in [0, 0.05) is 20.8 Å². The van der Waals surface area contributed by atoms with Crippen molar-refractivity contribution in [1.29, 1.82) is 0 Å². The molecule has 2 aromatic rings. The summed E-state index contributed by atoms with van der Waals surface area (Å²) in [7, 11) is 3.27. The number of rotatable bonds is 6. The van der Waals surface area contributed by atoms with E-state index >= 15 is 0 Å². The Bertz CT molecular complexity index is 592. The number of benzene rings is 2. The second-order valence-electron chi connectivity index (χ2n) is 4.28. The quantitative estimate of drug-likeness (QED) is 0.812. The van der Waals surface area contributed by atoms with E-state index in [-0.39, 0.29) is 6.61 Å². The highest BCUT2D eigenvalue weighted by atomic mass is 32.2. The van der Waals surface area contributed by atoms with Crippen molar-refractivity contribution in [3.8, 4) is 11.5 Å². The van der Waals surface area contributed by atoms with Gasteiger partial charge in [-0.2, -0.15) is 0 Å². The Hall–Kier alpha value is -1.30. The van der Waals surface area contributed by atoms with Gasteiger partial charge in [-0.1, -0.05) is 11.8 Å². The van der Waals surface area contributed by atoms with Crippen LogP contribution >= 0.6 is 23.5 Å². The molecule has 2 rings (SSSR count). The van der Waals surface area contributed by atoms with Gasteiger partial charge in [0.1, 0.15) is 11.5 Å².